The lowest BCUT2D eigenvalue weighted by Gasteiger charge is -2.12. The Hall–Kier alpha value is -2.54. The maximum absolute atomic E-state index is 12.9. The van der Waals surface area contributed by atoms with Gasteiger partial charge < -0.3 is 14.6 Å². The topological polar surface area (TPSA) is 57.8 Å². The summed E-state index contributed by atoms with van der Waals surface area (Å²) >= 11 is 1.24. The number of nitrogens with zero attached hydrogens (tertiary/aromatic N) is 2. The van der Waals surface area contributed by atoms with Crippen molar-refractivity contribution >= 4 is 40.5 Å². The van der Waals surface area contributed by atoms with E-state index in [4.69, 9.17) is 4.42 Å². The number of thioether (sulfide) groups is 1. The van der Waals surface area contributed by atoms with Gasteiger partial charge in [-0.1, -0.05) is 0 Å². The molecule has 128 valence electrons. The van der Waals surface area contributed by atoms with Crippen LogP contribution in [0.2, 0.25) is 0 Å². The highest BCUT2D eigenvalue weighted by Gasteiger charge is 2.24. The van der Waals surface area contributed by atoms with Crippen molar-refractivity contribution in [3.05, 3.63) is 52.9 Å². The molecule has 5 nitrogen and oxygen atoms in total. The van der Waals surface area contributed by atoms with Crippen molar-refractivity contribution in [2.24, 2.45) is 4.99 Å². The van der Waals surface area contributed by atoms with Gasteiger partial charge in [0.1, 0.15) is 11.6 Å². The summed E-state index contributed by atoms with van der Waals surface area (Å²) in [5.74, 6) is 0.944. The maximum Gasteiger partial charge on any atom is 0.264 e. The van der Waals surface area contributed by atoms with E-state index in [2.05, 4.69) is 15.2 Å². The van der Waals surface area contributed by atoms with Crippen molar-refractivity contribution in [2.45, 2.75) is 12.8 Å². The number of amides is 1. The number of nitrogens with one attached hydrogen (secondary N) is 1. The Morgan fingerprint density at radius 3 is 2.68 bits per heavy atom. The van der Waals surface area contributed by atoms with Gasteiger partial charge in [0.25, 0.3) is 5.91 Å². The largest absolute Gasteiger partial charge is 0.441 e. The average molecular weight is 357 g/mol. The van der Waals surface area contributed by atoms with Crippen molar-refractivity contribution in [1.82, 2.24) is 5.32 Å². The molecule has 4 rings (SSSR count). The highest BCUT2D eigenvalue weighted by Crippen LogP contribution is 2.30. The first-order valence-corrected chi connectivity index (χ1v) is 8.89. The summed E-state index contributed by atoms with van der Waals surface area (Å²) in [5, 5.41) is 3.18. The maximum atomic E-state index is 12.9. The number of carbonyl (C=O) groups is 1. The van der Waals surface area contributed by atoms with E-state index in [-0.39, 0.29) is 11.7 Å². The molecule has 0 spiro atoms. The number of anilines is 1. The predicted molar refractivity (Wildman–Crippen MR) is 97.4 cm³/mol. The second kappa shape index (κ2) is 6.76. The number of rotatable bonds is 3. The van der Waals surface area contributed by atoms with Crippen molar-refractivity contribution < 1.29 is 13.6 Å². The molecule has 25 heavy (non-hydrogen) atoms. The fraction of sp³-hybridized carbons (Fsp3) is 0.222. The van der Waals surface area contributed by atoms with Gasteiger partial charge in [0, 0.05) is 25.2 Å². The molecule has 0 aliphatic carbocycles. The molecule has 2 aromatic rings. The number of hydrogen-bond donors (Lipinski definition) is 1. The zero-order valence-corrected chi connectivity index (χ0v) is 14.2. The van der Waals surface area contributed by atoms with Crippen LogP contribution in [0.1, 0.15) is 18.6 Å². The molecular weight excluding hydrogens is 341 g/mol. The summed E-state index contributed by atoms with van der Waals surface area (Å²) in [5.41, 5.74) is 0.583. The van der Waals surface area contributed by atoms with Gasteiger partial charge in [-0.25, -0.2) is 9.38 Å². The van der Waals surface area contributed by atoms with Crippen LogP contribution in [-0.4, -0.2) is 24.2 Å². The summed E-state index contributed by atoms with van der Waals surface area (Å²) in [6.45, 7) is 2.01. The van der Waals surface area contributed by atoms with Crippen LogP contribution in [-0.2, 0) is 4.79 Å². The van der Waals surface area contributed by atoms with E-state index in [1.807, 2.05) is 12.1 Å². The first-order chi connectivity index (χ1) is 12.2. The normalized spacial score (nSPS) is 20.7. The molecule has 2 fully saturated rings. The van der Waals surface area contributed by atoms with E-state index in [0.717, 1.165) is 19.0 Å². The predicted octanol–water partition coefficient (Wildman–Crippen LogP) is 3.91. The Kier molecular flexibility index (Phi) is 4.31. The van der Waals surface area contributed by atoms with Crippen molar-refractivity contribution in [3.8, 4) is 0 Å². The summed E-state index contributed by atoms with van der Waals surface area (Å²) in [6, 6.07) is 9.59. The second-order valence-corrected chi connectivity index (χ2v) is 6.86. The second-order valence-electron chi connectivity index (χ2n) is 5.83. The highest BCUT2D eigenvalue weighted by atomic mass is 32.2. The zero-order valence-electron chi connectivity index (χ0n) is 13.4. The highest BCUT2D eigenvalue weighted by molar-refractivity contribution is 8.18. The van der Waals surface area contributed by atoms with Crippen LogP contribution in [0, 0.1) is 5.82 Å². The molecule has 2 saturated heterocycles. The fourth-order valence-electron chi connectivity index (χ4n) is 2.77. The van der Waals surface area contributed by atoms with E-state index in [9.17, 15) is 9.18 Å². The molecule has 1 amide bonds. The molecule has 7 heteroatoms. The standard InChI is InChI=1S/C18H16FN3O2S/c19-12-3-5-13(6-4-12)20-18-21-17(23)15(25-18)11-14-7-8-16(24-14)22-9-1-2-10-22/h3-8,11H,1-2,9-10H2,(H,20,21,23)/b15-11+. The first kappa shape index (κ1) is 16.0. The Bertz CT molecular complexity index is 851. The van der Waals surface area contributed by atoms with E-state index in [1.165, 1.54) is 36.7 Å². The molecule has 0 radical (unpaired) electrons. The zero-order chi connectivity index (χ0) is 17.2. The van der Waals surface area contributed by atoms with E-state index in [1.54, 1.807) is 18.2 Å². The summed E-state index contributed by atoms with van der Waals surface area (Å²) < 4.78 is 18.8. The quantitative estimate of drug-likeness (QED) is 0.846. The number of halogens is 1. The van der Waals surface area contributed by atoms with Gasteiger partial charge in [0.2, 0.25) is 0 Å². The van der Waals surface area contributed by atoms with Gasteiger partial charge >= 0.3 is 0 Å². The molecule has 0 bridgehead atoms. The Morgan fingerprint density at radius 2 is 1.92 bits per heavy atom. The Labute approximate surface area is 148 Å². The molecule has 0 saturated carbocycles. The monoisotopic (exact) mass is 357 g/mol. The molecule has 2 aliphatic rings. The smallest absolute Gasteiger partial charge is 0.264 e. The van der Waals surface area contributed by atoms with Crippen LogP contribution >= 0.6 is 11.8 Å². The lowest BCUT2D eigenvalue weighted by atomic mass is 10.3. The number of hydrogen-bond acceptors (Lipinski definition) is 5. The number of carbonyl (C=O) groups excluding carboxylic acids is 1. The number of furan rings is 1. The van der Waals surface area contributed by atoms with Gasteiger partial charge in [-0.2, -0.15) is 0 Å². The summed E-state index contributed by atoms with van der Waals surface area (Å²) in [4.78, 5) is 19.1. The minimum Gasteiger partial charge on any atom is -0.441 e. The Balaban J connectivity index is 1.50. The fourth-order valence-corrected chi connectivity index (χ4v) is 3.59. The molecule has 1 N–H and O–H groups in total. The van der Waals surface area contributed by atoms with Gasteiger partial charge in [-0.05, 0) is 54.9 Å². The third-order valence-electron chi connectivity index (χ3n) is 4.01. The van der Waals surface area contributed by atoms with Gasteiger partial charge in [-0.15, -0.1) is 0 Å². The lowest BCUT2D eigenvalue weighted by molar-refractivity contribution is -0.115. The van der Waals surface area contributed by atoms with Gasteiger partial charge in [-0.3, -0.25) is 4.79 Å². The molecule has 0 atom stereocenters. The third-order valence-corrected chi connectivity index (χ3v) is 4.92. The Morgan fingerprint density at radius 1 is 1.16 bits per heavy atom. The van der Waals surface area contributed by atoms with Crippen LogP contribution < -0.4 is 10.2 Å². The number of benzene rings is 1. The van der Waals surface area contributed by atoms with Crippen molar-refractivity contribution in [2.75, 3.05) is 18.0 Å². The van der Waals surface area contributed by atoms with Crippen LogP contribution in [0.15, 0.2) is 50.7 Å². The summed E-state index contributed by atoms with van der Waals surface area (Å²) in [6.07, 6.45) is 4.07. The minimum atomic E-state index is -0.320. The van der Waals surface area contributed by atoms with Crippen molar-refractivity contribution in [3.63, 3.8) is 0 Å². The first-order valence-electron chi connectivity index (χ1n) is 8.07. The number of amidine groups is 1. The summed E-state index contributed by atoms with van der Waals surface area (Å²) in [7, 11) is 0. The third kappa shape index (κ3) is 3.61. The molecule has 2 aliphatic heterocycles. The van der Waals surface area contributed by atoms with Gasteiger partial charge in [0.15, 0.2) is 11.1 Å². The number of aliphatic imine (C=N–C) groups is 1. The van der Waals surface area contributed by atoms with Crippen molar-refractivity contribution in [1.29, 1.82) is 0 Å². The molecule has 1 aromatic heterocycles. The van der Waals surface area contributed by atoms with Gasteiger partial charge in [0.05, 0.1) is 10.6 Å². The van der Waals surface area contributed by atoms with E-state index >= 15 is 0 Å². The van der Waals surface area contributed by atoms with E-state index < -0.39 is 0 Å². The minimum absolute atomic E-state index is 0.218. The molecule has 3 heterocycles. The lowest BCUT2D eigenvalue weighted by Crippen LogP contribution is -2.19. The molecular formula is C18H16FN3O2S. The van der Waals surface area contributed by atoms with Crippen LogP contribution in [0.25, 0.3) is 6.08 Å². The van der Waals surface area contributed by atoms with E-state index in [0.29, 0.717) is 21.5 Å². The average Bonchev–Trinajstić information content (AvgIpc) is 3.32. The molecule has 0 unspecified atom stereocenters. The SMILES string of the molecule is O=C1NC(=Nc2ccc(F)cc2)S/C1=C/c1ccc(N2CCCC2)o1. The molecule has 1 aromatic carbocycles. The van der Waals surface area contributed by atoms with Crippen LogP contribution in [0.5, 0.6) is 0 Å². The van der Waals surface area contributed by atoms with Crippen LogP contribution in [0.4, 0.5) is 16.0 Å². The van der Waals surface area contributed by atoms with Crippen LogP contribution in [0.3, 0.4) is 0 Å².